The number of hydrogen-bond acceptors (Lipinski definition) is 9. The number of nitrogens with one attached hydrogen (secondary N) is 1. The quantitative estimate of drug-likeness (QED) is 0.0984. The molecule has 0 fully saturated rings. The minimum Gasteiger partial charge on any atom is -0.330 e. The average molecular weight is 488 g/mol. The van der Waals surface area contributed by atoms with Gasteiger partial charge in [0.25, 0.3) is 0 Å². The van der Waals surface area contributed by atoms with Gasteiger partial charge in [-0.3, -0.25) is 4.90 Å². The van der Waals surface area contributed by atoms with Crippen LogP contribution in [-0.2, 0) is 0 Å². The van der Waals surface area contributed by atoms with Crippen molar-refractivity contribution in [2.75, 3.05) is 118 Å². The first kappa shape index (κ1) is 33.6. The maximum Gasteiger partial charge on any atom is 0.0110 e. The summed E-state index contributed by atoms with van der Waals surface area (Å²) in [5, 5.41) is 3.27. The summed E-state index contributed by atoms with van der Waals surface area (Å²) < 4.78 is 0. The standard InChI is InChI=1S/C25H61N9/c1-3-14-31(15-4-9-26)20-23-34(24-21-32(16-5-10-27)17-6-11-28)25-22-33(18-7-12-29)19-8-13-30-2/h30H,3-29H2,1-2H3. The van der Waals surface area contributed by atoms with E-state index in [9.17, 15) is 0 Å². The van der Waals surface area contributed by atoms with Gasteiger partial charge in [-0.25, -0.2) is 0 Å². The fourth-order valence-electron chi connectivity index (χ4n) is 4.25. The van der Waals surface area contributed by atoms with E-state index in [1.54, 1.807) is 0 Å². The molecule has 0 radical (unpaired) electrons. The van der Waals surface area contributed by atoms with Gasteiger partial charge >= 0.3 is 0 Å². The van der Waals surface area contributed by atoms with Gasteiger partial charge in [0, 0.05) is 39.3 Å². The average Bonchev–Trinajstić information content (AvgIpc) is 2.85. The second-order valence-electron chi connectivity index (χ2n) is 9.39. The first-order valence-electron chi connectivity index (χ1n) is 14.0. The third-order valence-corrected chi connectivity index (χ3v) is 6.35. The third kappa shape index (κ3) is 19.9. The van der Waals surface area contributed by atoms with Gasteiger partial charge in [-0.05, 0) is 118 Å². The Labute approximate surface area is 211 Å². The Morgan fingerprint density at radius 3 is 1.03 bits per heavy atom. The maximum atomic E-state index is 5.81. The zero-order valence-corrected chi connectivity index (χ0v) is 22.9. The van der Waals surface area contributed by atoms with Crippen molar-refractivity contribution in [3.63, 3.8) is 0 Å². The SMILES string of the molecule is CCCN(CCCN)CCN(CCN(CCCN)CCCN)CCN(CCCN)CCCNC. The Kier molecular flexibility index (Phi) is 25.5. The monoisotopic (exact) mass is 488 g/mol. The Morgan fingerprint density at radius 1 is 0.441 bits per heavy atom. The summed E-state index contributed by atoms with van der Waals surface area (Å²) in [6.45, 7) is 19.5. The van der Waals surface area contributed by atoms with Crippen molar-refractivity contribution in [1.82, 2.24) is 24.9 Å². The van der Waals surface area contributed by atoms with E-state index in [-0.39, 0.29) is 0 Å². The van der Waals surface area contributed by atoms with Gasteiger partial charge in [0.15, 0.2) is 0 Å². The van der Waals surface area contributed by atoms with E-state index in [2.05, 4.69) is 31.8 Å². The highest BCUT2D eigenvalue weighted by Crippen LogP contribution is 2.02. The maximum absolute atomic E-state index is 5.81. The molecule has 9 heteroatoms. The van der Waals surface area contributed by atoms with Gasteiger partial charge in [0.1, 0.15) is 0 Å². The molecule has 0 aliphatic rings. The largest absolute Gasteiger partial charge is 0.330 e. The highest BCUT2D eigenvalue weighted by atomic mass is 15.2. The number of rotatable bonds is 27. The summed E-state index contributed by atoms with van der Waals surface area (Å²) in [5.74, 6) is 0. The van der Waals surface area contributed by atoms with Crippen molar-refractivity contribution in [3.05, 3.63) is 0 Å². The Bertz CT molecular complexity index is 393. The second-order valence-corrected chi connectivity index (χ2v) is 9.39. The normalized spacial score (nSPS) is 12.2. The van der Waals surface area contributed by atoms with E-state index in [1.165, 1.54) is 12.8 Å². The predicted molar refractivity (Wildman–Crippen MR) is 149 cm³/mol. The molecule has 0 aliphatic heterocycles. The predicted octanol–water partition coefficient (Wildman–Crippen LogP) is -0.391. The van der Waals surface area contributed by atoms with Gasteiger partial charge in [-0.2, -0.15) is 0 Å². The van der Waals surface area contributed by atoms with E-state index >= 15 is 0 Å². The number of hydrogen-bond donors (Lipinski definition) is 5. The zero-order valence-electron chi connectivity index (χ0n) is 22.9. The molecule has 0 rings (SSSR count). The molecule has 0 bridgehead atoms. The molecule has 206 valence electrons. The van der Waals surface area contributed by atoms with Crippen molar-refractivity contribution >= 4 is 0 Å². The molecule has 0 aromatic rings. The fourth-order valence-corrected chi connectivity index (χ4v) is 4.25. The van der Waals surface area contributed by atoms with Crippen molar-refractivity contribution in [2.45, 2.75) is 45.4 Å². The van der Waals surface area contributed by atoms with Crippen LogP contribution >= 0.6 is 0 Å². The third-order valence-electron chi connectivity index (χ3n) is 6.35. The molecule has 0 unspecified atom stereocenters. The van der Waals surface area contributed by atoms with Gasteiger partial charge in [0.05, 0.1) is 0 Å². The van der Waals surface area contributed by atoms with E-state index in [4.69, 9.17) is 22.9 Å². The summed E-state index contributed by atoms with van der Waals surface area (Å²) in [4.78, 5) is 10.4. The van der Waals surface area contributed by atoms with Crippen LogP contribution in [0.2, 0.25) is 0 Å². The van der Waals surface area contributed by atoms with Crippen molar-refractivity contribution in [1.29, 1.82) is 0 Å². The van der Waals surface area contributed by atoms with Gasteiger partial charge in [-0.1, -0.05) is 6.92 Å². The van der Waals surface area contributed by atoms with Crippen LogP contribution in [0.5, 0.6) is 0 Å². The Hall–Kier alpha value is -0.360. The first-order valence-corrected chi connectivity index (χ1v) is 14.0. The molecule has 0 atom stereocenters. The van der Waals surface area contributed by atoms with Crippen LogP contribution in [0.4, 0.5) is 0 Å². The zero-order chi connectivity index (χ0) is 25.3. The first-order chi connectivity index (χ1) is 16.6. The molecule has 0 saturated carbocycles. The summed E-state index contributed by atoms with van der Waals surface area (Å²) in [7, 11) is 2.03. The van der Waals surface area contributed by atoms with Crippen LogP contribution in [-0.4, -0.2) is 138 Å². The van der Waals surface area contributed by atoms with Gasteiger partial charge in [0.2, 0.25) is 0 Å². The van der Waals surface area contributed by atoms with Crippen molar-refractivity contribution < 1.29 is 0 Å². The molecule has 0 saturated heterocycles. The molecule has 9 nitrogen and oxygen atoms in total. The Balaban J connectivity index is 5.00. The van der Waals surface area contributed by atoms with Crippen LogP contribution in [0.15, 0.2) is 0 Å². The summed E-state index contributed by atoms with van der Waals surface area (Å²) in [5.41, 5.74) is 23.2. The lowest BCUT2D eigenvalue weighted by Gasteiger charge is -2.32. The molecule has 0 amide bonds. The van der Waals surface area contributed by atoms with Crippen LogP contribution in [0, 0.1) is 0 Å². The summed E-state index contributed by atoms with van der Waals surface area (Å²) in [6, 6.07) is 0. The number of nitrogens with zero attached hydrogens (tertiary/aromatic N) is 4. The summed E-state index contributed by atoms with van der Waals surface area (Å²) >= 11 is 0. The second kappa shape index (κ2) is 25.7. The number of nitrogens with two attached hydrogens (primary N) is 4. The molecule has 0 aromatic heterocycles. The smallest absolute Gasteiger partial charge is 0.0110 e. The van der Waals surface area contributed by atoms with Crippen molar-refractivity contribution in [3.8, 4) is 0 Å². The van der Waals surface area contributed by atoms with Gasteiger partial charge < -0.3 is 43.0 Å². The van der Waals surface area contributed by atoms with Crippen LogP contribution < -0.4 is 28.3 Å². The minimum atomic E-state index is 0.749. The molecule has 0 spiro atoms. The van der Waals surface area contributed by atoms with E-state index in [0.717, 1.165) is 137 Å². The molecule has 9 N–H and O–H groups in total. The van der Waals surface area contributed by atoms with Crippen molar-refractivity contribution in [2.24, 2.45) is 22.9 Å². The molecule has 0 heterocycles. The fraction of sp³-hybridized carbons (Fsp3) is 1.00. The highest BCUT2D eigenvalue weighted by molar-refractivity contribution is 4.70. The van der Waals surface area contributed by atoms with Crippen LogP contribution in [0.3, 0.4) is 0 Å². The molecule has 34 heavy (non-hydrogen) atoms. The van der Waals surface area contributed by atoms with Crippen LogP contribution in [0.1, 0.15) is 45.4 Å². The molecular formula is C25H61N9. The lowest BCUT2D eigenvalue weighted by atomic mass is 10.3. The highest BCUT2D eigenvalue weighted by Gasteiger charge is 2.13. The molecule has 0 aliphatic carbocycles. The lowest BCUT2D eigenvalue weighted by Crippen LogP contribution is -2.44. The molecule has 0 aromatic carbocycles. The van der Waals surface area contributed by atoms with Gasteiger partial charge in [-0.15, -0.1) is 0 Å². The molecular weight excluding hydrogens is 426 g/mol. The van der Waals surface area contributed by atoms with E-state index in [0.29, 0.717) is 0 Å². The topological polar surface area (TPSA) is 129 Å². The lowest BCUT2D eigenvalue weighted by molar-refractivity contribution is 0.153. The minimum absolute atomic E-state index is 0.749. The van der Waals surface area contributed by atoms with E-state index in [1.807, 2.05) is 7.05 Å². The van der Waals surface area contributed by atoms with E-state index < -0.39 is 0 Å². The van der Waals surface area contributed by atoms with Crippen LogP contribution in [0.25, 0.3) is 0 Å². The Morgan fingerprint density at radius 2 is 0.735 bits per heavy atom. The summed E-state index contributed by atoms with van der Waals surface area (Å²) in [6.07, 6.45) is 6.60.